The standard InChI is InChI=1S/C9H5BrFNO3/c1-2-3-15-9-7(10)4-6(11)5-8(9)12(13)14/h1,4-5H,3H2. The van der Waals surface area contributed by atoms with Gasteiger partial charge in [-0.15, -0.1) is 6.42 Å². The Balaban J connectivity index is 3.22. The topological polar surface area (TPSA) is 52.4 Å². The lowest BCUT2D eigenvalue weighted by molar-refractivity contribution is -0.386. The summed E-state index contributed by atoms with van der Waals surface area (Å²) in [6, 6.07) is 1.84. The number of nitro groups is 1. The molecule has 0 saturated carbocycles. The molecule has 0 spiro atoms. The van der Waals surface area contributed by atoms with Crippen molar-refractivity contribution in [3.05, 3.63) is 32.5 Å². The Morgan fingerprint density at radius 3 is 2.87 bits per heavy atom. The van der Waals surface area contributed by atoms with Crippen LogP contribution in [0.2, 0.25) is 0 Å². The minimum atomic E-state index is -0.736. The van der Waals surface area contributed by atoms with Gasteiger partial charge in [0.1, 0.15) is 12.4 Å². The minimum absolute atomic E-state index is 0.0700. The fourth-order valence-electron chi connectivity index (χ4n) is 0.939. The summed E-state index contributed by atoms with van der Waals surface area (Å²) in [7, 11) is 0. The number of terminal acetylenes is 1. The second-order valence-electron chi connectivity index (χ2n) is 2.49. The van der Waals surface area contributed by atoms with Crippen LogP contribution in [-0.2, 0) is 0 Å². The summed E-state index contributed by atoms with van der Waals surface area (Å²) in [6.45, 7) is -0.120. The zero-order valence-electron chi connectivity index (χ0n) is 7.37. The molecule has 4 nitrogen and oxygen atoms in total. The van der Waals surface area contributed by atoms with E-state index in [4.69, 9.17) is 11.2 Å². The maximum Gasteiger partial charge on any atom is 0.315 e. The molecule has 0 heterocycles. The maximum absolute atomic E-state index is 12.9. The highest BCUT2D eigenvalue weighted by molar-refractivity contribution is 9.10. The van der Waals surface area contributed by atoms with Gasteiger partial charge in [0.25, 0.3) is 0 Å². The predicted octanol–water partition coefficient (Wildman–Crippen LogP) is 2.51. The number of halogens is 2. The zero-order chi connectivity index (χ0) is 11.4. The Labute approximate surface area is 93.3 Å². The average molecular weight is 274 g/mol. The van der Waals surface area contributed by atoms with Crippen LogP contribution in [0.1, 0.15) is 0 Å². The van der Waals surface area contributed by atoms with Crippen molar-refractivity contribution in [3.63, 3.8) is 0 Å². The fraction of sp³-hybridized carbons (Fsp3) is 0.111. The Morgan fingerprint density at radius 2 is 2.33 bits per heavy atom. The molecule has 1 aromatic rings. The van der Waals surface area contributed by atoms with Crippen molar-refractivity contribution >= 4 is 21.6 Å². The van der Waals surface area contributed by atoms with Crippen molar-refractivity contribution in [1.82, 2.24) is 0 Å². The number of rotatable bonds is 3. The van der Waals surface area contributed by atoms with Gasteiger partial charge in [-0.25, -0.2) is 4.39 Å². The third kappa shape index (κ3) is 2.67. The fourth-order valence-corrected chi connectivity index (χ4v) is 1.48. The molecule has 0 amide bonds. The van der Waals surface area contributed by atoms with Crippen molar-refractivity contribution in [1.29, 1.82) is 0 Å². The van der Waals surface area contributed by atoms with Crippen molar-refractivity contribution in [2.24, 2.45) is 0 Å². The van der Waals surface area contributed by atoms with Gasteiger partial charge in [-0.2, -0.15) is 0 Å². The molecule has 0 unspecified atom stereocenters. The third-order valence-corrected chi connectivity index (χ3v) is 2.07. The first-order valence-corrected chi connectivity index (χ1v) is 4.55. The van der Waals surface area contributed by atoms with Crippen molar-refractivity contribution < 1.29 is 14.1 Å². The molecule has 1 aromatic carbocycles. The van der Waals surface area contributed by atoms with Crippen LogP contribution in [0.5, 0.6) is 5.75 Å². The van der Waals surface area contributed by atoms with Gasteiger partial charge >= 0.3 is 5.69 Å². The first-order valence-electron chi connectivity index (χ1n) is 3.76. The lowest BCUT2D eigenvalue weighted by Crippen LogP contribution is -2.00. The van der Waals surface area contributed by atoms with E-state index >= 15 is 0 Å². The maximum atomic E-state index is 12.9. The van der Waals surface area contributed by atoms with E-state index in [0.717, 1.165) is 12.1 Å². The van der Waals surface area contributed by atoms with Gasteiger partial charge in [-0.3, -0.25) is 10.1 Å². The average Bonchev–Trinajstić information content (AvgIpc) is 2.15. The number of hydrogen-bond acceptors (Lipinski definition) is 3. The minimum Gasteiger partial charge on any atom is -0.473 e. The van der Waals surface area contributed by atoms with E-state index in [-0.39, 0.29) is 16.8 Å². The number of ether oxygens (including phenoxy) is 1. The molecule has 6 heteroatoms. The van der Waals surface area contributed by atoms with Crippen LogP contribution in [0.3, 0.4) is 0 Å². The molecule has 0 aliphatic heterocycles. The largest absolute Gasteiger partial charge is 0.473 e. The quantitative estimate of drug-likeness (QED) is 0.483. The highest BCUT2D eigenvalue weighted by Gasteiger charge is 2.20. The van der Waals surface area contributed by atoms with E-state index < -0.39 is 16.4 Å². The molecule has 0 fully saturated rings. The van der Waals surface area contributed by atoms with E-state index in [1.165, 1.54) is 0 Å². The van der Waals surface area contributed by atoms with Gasteiger partial charge in [0, 0.05) is 0 Å². The van der Waals surface area contributed by atoms with E-state index in [0.29, 0.717) is 0 Å². The molecule has 78 valence electrons. The van der Waals surface area contributed by atoms with Gasteiger partial charge in [0.05, 0.1) is 15.5 Å². The third-order valence-electron chi connectivity index (χ3n) is 1.49. The van der Waals surface area contributed by atoms with E-state index in [1.54, 1.807) is 0 Å². The van der Waals surface area contributed by atoms with E-state index in [1.807, 2.05) is 0 Å². The zero-order valence-corrected chi connectivity index (χ0v) is 8.95. The first-order chi connectivity index (χ1) is 7.06. The molecule has 15 heavy (non-hydrogen) atoms. The second kappa shape index (κ2) is 4.75. The number of benzene rings is 1. The molecule has 0 N–H and O–H groups in total. The van der Waals surface area contributed by atoms with Crippen LogP contribution >= 0.6 is 15.9 Å². The smallest absolute Gasteiger partial charge is 0.315 e. The SMILES string of the molecule is C#CCOc1c(Br)cc(F)cc1[N+](=O)[O-]. The molecule has 0 radical (unpaired) electrons. The van der Waals surface area contributed by atoms with Gasteiger partial charge in [0.15, 0.2) is 0 Å². The van der Waals surface area contributed by atoms with Crippen molar-refractivity contribution in [3.8, 4) is 18.1 Å². The van der Waals surface area contributed by atoms with Crippen LogP contribution in [0, 0.1) is 28.3 Å². The van der Waals surface area contributed by atoms with Crippen LogP contribution in [0.15, 0.2) is 16.6 Å². The number of nitrogens with zero attached hydrogens (tertiary/aromatic N) is 1. The molecule has 0 aromatic heterocycles. The van der Waals surface area contributed by atoms with Crippen molar-refractivity contribution in [2.75, 3.05) is 6.61 Å². The van der Waals surface area contributed by atoms with Crippen LogP contribution < -0.4 is 4.74 Å². The Bertz CT molecular complexity index is 442. The lowest BCUT2D eigenvalue weighted by Gasteiger charge is -2.05. The summed E-state index contributed by atoms with van der Waals surface area (Å²) in [5.74, 6) is 1.37. The second-order valence-corrected chi connectivity index (χ2v) is 3.34. The summed E-state index contributed by atoms with van der Waals surface area (Å²) in [6.07, 6.45) is 4.95. The van der Waals surface area contributed by atoms with Gasteiger partial charge in [-0.05, 0) is 22.0 Å². The van der Waals surface area contributed by atoms with Crippen LogP contribution in [-0.4, -0.2) is 11.5 Å². The molecular formula is C9H5BrFNO3. The highest BCUT2D eigenvalue weighted by atomic mass is 79.9. The Hall–Kier alpha value is -1.61. The molecule has 0 saturated heterocycles. The molecule has 1 rings (SSSR count). The Morgan fingerprint density at radius 1 is 1.67 bits per heavy atom. The first kappa shape index (κ1) is 11.5. The monoisotopic (exact) mass is 273 g/mol. The Kier molecular flexibility index (Phi) is 3.63. The number of hydrogen-bond donors (Lipinski definition) is 0. The van der Waals surface area contributed by atoms with Gasteiger partial charge < -0.3 is 4.74 Å². The lowest BCUT2D eigenvalue weighted by atomic mass is 10.3. The summed E-state index contributed by atoms with van der Waals surface area (Å²) < 4.78 is 18.0. The molecule has 0 aliphatic rings. The van der Waals surface area contributed by atoms with E-state index in [2.05, 4.69) is 21.9 Å². The van der Waals surface area contributed by atoms with E-state index in [9.17, 15) is 14.5 Å². The summed E-state index contributed by atoms with van der Waals surface area (Å²) in [5, 5.41) is 10.6. The predicted molar refractivity (Wildman–Crippen MR) is 55.1 cm³/mol. The van der Waals surface area contributed by atoms with Crippen LogP contribution in [0.4, 0.5) is 10.1 Å². The van der Waals surface area contributed by atoms with Gasteiger partial charge in [0.2, 0.25) is 5.75 Å². The molecule has 0 bridgehead atoms. The highest BCUT2D eigenvalue weighted by Crippen LogP contribution is 2.35. The number of nitro benzene ring substituents is 1. The summed E-state index contributed by atoms with van der Waals surface area (Å²) >= 11 is 2.96. The molecular weight excluding hydrogens is 269 g/mol. The normalized spacial score (nSPS) is 9.40. The van der Waals surface area contributed by atoms with Crippen molar-refractivity contribution in [2.45, 2.75) is 0 Å². The summed E-state index contributed by atoms with van der Waals surface area (Å²) in [4.78, 5) is 9.84. The molecule has 0 atom stereocenters. The summed E-state index contributed by atoms with van der Waals surface area (Å²) in [5.41, 5.74) is -0.461. The van der Waals surface area contributed by atoms with Gasteiger partial charge in [-0.1, -0.05) is 5.92 Å². The molecule has 0 aliphatic carbocycles. The van der Waals surface area contributed by atoms with Crippen LogP contribution in [0.25, 0.3) is 0 Å².